The Morgan fingerprint density at radius 3 is 2.32 bits per heavy atom. The minimum absolute atomic E-state index is 0.0118. The van der Waals surface area contributed by atoms with Crippen LogP contribution in [0.4, 0.5) is 0 Å². The molecule has 3 rings (SSSR count). The molecule has 4 nitrogen and oxygen atoms in total. The Morgan fingerprint density at radius 1 is 0.955 bits per heavy atom. The molecule has 1 amide bonds. The zero-order valence-electron chi connectivity index (χ0n) is 12.6. The van der Waals surface area contributed by atoms with Gasteiger partial charge in [-0.25, -0.2) is 0 Å². The fourth-order valence-electron chi connectivity index (χ4n) is 2.35. The van der Waals surface area contributed by atoms with Gasteiger partial charge in [0.1, 0.15) is 0 Å². The molecule has 0 spiro atoms. The molecule has 1 aromatic heterocycles. The second kappa shape index (κ2) is 5.85. The molecule has 4 heteroatoms. The van der Waals surface area contributed by atoms with Crippen molar-refractivity contribution < 1.29 is 4.79 Å². The number of nitrogens with zero attached hydrogens (tertiary/aromatic N) is 2. The van der Waals surface area contributed by atoms with E-state index in [-0.39, 0.29) is 5.91 Å². The van der Waals surface area contributed by atoms with Crippen LogP contribution < -0.4 is 0 Å². The van der Waals surface area contributed by atoms with Crippen molar-refractivity contribution in [2.45, 2.75) is 0 Å². The standard InChI is InChI=1S/C18H17N3O/c1-21(2)18(22)14-8-6-13(7-9-14)15-4-3-5-16(12-15)17-10-11-19-20-17/h3-12H,1-2H3,(H,19,20). The van der Waals surface area contributed by atoms with Crippen molar-refractivity contribution in [1.29, 1.82) is 0 Å². The van der Waals surface area contributed by atoms with Crippen LogP contribution in [0.2, 0.25) is 0 Å². The van der Waals surface area contributed by atoms with Gasteiger partial charge in [-0.05, 0) is 35.4 Å². The Labute approximate surface area is 129 Å². The number of amides is 1. The number of aromatic nitrogens is 2. The molecular weight excluding hydrogens is 274 g/mol. The molecule has 0 aliphatic heterocycles. The maximum Gasteiger partial charge on any atom is 0.253 e. The molecule has 0 unspecified atom stereocenters. The van der Waals surface area contributed by atoms with E-state index < -0.39 is 0 Å². The van der Waals surface area contributed by atoms with Crippen molar-refractivity contribution in [2.24, 2.45) is 0 Å². The Balaban J connectivity index is 1.92. The number of carbonyl (C=O) groups excluding carboxylic acids is 1. The van der Waals surface area contributed by atoms with Crippen molar-refractivity contribution >= 4 is 5.91 Å². The third-order valence-corrected chi connectivity index (χ3v) is 3.55. The average molecular weight is 291 g/mol. The van der Waals surface area contributed by atoms with Gasteiger partial charge in [-0.2, -0.15) is 5.10 Å². The van der Waals surface area contributed by atoms with Crippen molar-refractivity contribution in [2.75, 3.05) is 14.1 Å². The molecule has 0 radical (unpaired) electrons. The quantitative estimate of drug-likeness (QED) is 0.803. The number of hydrogen-bond acceptors (Lipinski definition) is 2. The van der Waals surface area contributed by atoms with Gasteiger partial charge in [-0.15, -0.1) is 0 Å². The number of rotatable bonds is 3. The van der Waals surface area contributed by atoms with Crippen LogP contribution in [0.25, 0.3) is 22.4 Å². The molecule has 0 aliphatic rings. The maximum atomic E-state index is 11.9. The Bertz CT molecular complexity index is 774. The van der Waals surface area contributed by atoms with Gasteiger partial charge in [-0.3, -0.25) is 9.89 Å². The molecule has 0 fully saturated rings. The number of carbonyl (C=O) groups is 1. The van der Waals surface area contributed by atoms with Gasteiger partial charge >= 0.3 is 0 Å². The van der Waals surface area contributed by atoms with Crippen LogP contribution in [0, 0.1) is 0 Å². The molecule has 0 saturated carbocycles. The highest BCUT2D eigenvalue weighted by Gasteiger charge is 2.08. The van der Waals surface area contributed by atoms with Crippen LogP contribution in [0.1, 0.15) is 10.4 Å². The second-order valence-corrected chi connectivity index (χ2v) is 5.33. The lowest BCUT2D eigenvalue weighted by Gasteiger charge is -2.11. The van der Waals surface area contributed by atoms with E-state index in [1.165, 1.54) is 0 Å². The normalized spacial score (nSPS) is 10.5. The molecule has 0 saturated heterocycles. The van der Waals surface area contributed by atoms with Crippen LogP contribution in [-0.2, 0) is 0 Å². The first-order valence-corrected chi connectivity index (χ1v) is 7.07. The van der Waals surface area contributed by atoms with Gasteiger partial charge in [-0.1, -0.05) is 30.3 Å². The third kappa shape index (κ3) is 2.76. The molecule has 1 N–H and O–H groups in total. The van der Waals surface area contributed by atoms with Gasteiger partial charge in [0.15, 0.2) is 0 Å². The maximum absolute atomic E-state index is 11.9. The summed E-state index contributed by atoms with van der Waals surface area (Å²) in [4.78, 5) is 13.5. The first kappa shape index (κ1) is 14.1. The zero-order chi connectivity index (χ0) is 15.5. The first-order valence-electron chi connectivity index (χ1n) is 7.07. The van der Waals surface area contributed by atoms with Gasteiger partial charge in [0.25, 0.3) is 5.91 Å². The molecule has 0 atom stereocenters. The minimum Gasteiger partial charge on any atom is -0.345 e. The molecule has 110 valence electrons. The predicted octanol–water partition coefficient (Wildman–Crippen LogP) is 3.45. The van der Waals surface area contributed by atoms with E-state index in [2.05, 4.69) is 22.3 Å². The van der Waals surface area contributed by atoms with Gasteiger partial charge < -0.3 is 4.90 Å². The van der Waals surface area contributed by atoms with E-state index in [0.717, 1.165) is 22.4 Å². The zero-order valence-corrected chi connectivity index (χ0v) is 12.6. The largest absolute Gasteiger partial charge is 0.345 e. The van der Waals surface area contributed by atoms with Crippen LogP contribution in [0.3, 0.4) is 0 Å². The fourth-order valence-corrected chi connectivity index (χ4v) is 2.35. The topological polar surface area (TPSA) is 49.0 Å². The predicted molar refractivity (Wildman–Crippen MR) is 87.5 cm³/mol. The monoisotopic (exact) mass is 291 g/mol. The number of nitrogens with one attached hydrogen (secondary N) is 1. The summed E-state index contributed by atoms with van der Waals surface area (Å²) in [5, 5.41) is 6.95. The average Bonchev–Trinajstić information content (AvgIpc) is 3.09. The number of H-pyrrole nitrogens is 1. The molecule has 0 aliphatic carbocycles. The molecule has 22 heavy (non-hydrogen) atoms. The lowest BCUT2D eigenvalue weighted by molar-refractivity contribution is 0.0827. The Kier molecular flexibility index (Phi) is 3.74. The van der Waals surface area contributed by atoms with E-state index in [4.69, 9.17) is 0 Å². The van der Waals surface area contributed by atoms with E-state index in [1.54, 1.807) is 25.2 Å². The van der Waals surface area contributed by atoms with E-state index in [0.29, 0.717) is 5.56 Å². The molecule has 2 aromatic carbocycles. The lowest BCUT2D eigenvalue weighted by atomic mass is 10.0. The summed E-state index contributed by atoms with van der Waals surface area (Å²) in [7, 11) is 3.51. The Hall–Kier alpha value is -2.88. The second-order valence-electron chi connectivity index (χ2n) is 5.33. The lowest BCUT2D eigenvalue weighted by Crippen LogP contribution is -2.21. The van der Waals surface area contributed by atoms with Crippen LogP contribution in [0.5, 0.6) is 0 Å². The number of aromatic amines is 1. The summed E-state index contributed by atoms with van der Waals surface area (Å²) in [6, 6.07) is 17.8. The van der Waals surface area contributed by atoms with E-state index in [1.807, 2.05) is 42.5 Å². The fraction of sp³-hybridized carbons (Fsp3) is 0.111. The van der Waals surface area contributed by atoms with Crippen molar-refractivity contribution in [3.8, 4) is 22.4 Å². The van der Waals surface area contributed by atoms with Gasteiger partial charge in [0, 0.05) is 31.4 Å². The van der Waals surface area contributed by atoms with Crippen molar-refractivity contribution in [3.63, 3.8) is 0 Å². The summed E-state index contributed by atoms with van der Waals surface area (Å²) < 4.78 is 0. The summed E-state index contributed by atoms with van der Waals surface area (Å²) >= 11 is 0. The summed E-state index contributed by atoms with van der Waals surface area (Å²) in [5.74, 6) is 0.0118. The molecule has 1 heterocycles. The van der Waals surface area contributed by atoms with Gasteiger partial charge in [0.2, 0.25) is 0 Å². The SMILES string of the molecule is CN(C)C(=O)c1ccc(-c2cccc(-c3ccn[nH]3)c2)cc1. The highest BCUT2D eigenvalue weighted by atomic mass is 16.2. The summed E-state index contributed by atoms with van der Waals surface area (Å²) in [5.41, 5.74) is 4.95. The summed E-state index contributed by atoms with van der Waals surface area (Å²) in [6.07, 6.45) is 1.74. The molecule has 0 bridgehead atoms. The minimum atomic E-state index is 0.0118. The third-order valence-electron chi connectivity index (χ3n) is 3.55. The molecular formula is C18H17N3O. The molecule has 3 aromatic rings. The van der Waals surface area contributed by atoms with Crippen LogP contribution in [0.15, 0.2) is 60.8 Å². The van der Waals surface area contributed by atoms with Crippen molar-refractivity contribution in [3.05, 3.63) is 66.4 Å². The van der Waals surface area contributed by atoms with Crippen LogP contribution in [-0.4, -0.2) is 35.1 Å². The van der Waals surface area contributed by atoms with Crippen LogP contribution >= 0.6 is 0 Å². The number of hydrogen-bond donors (Lipinski definition) is 1. The highest BCUT2D eigenvalue weighted by Crippen LogP contribution is 2.25. The highest BCUT2D eigenvalue weighted by molar-refractivity contribution is 5.94. The van der Waals surface area contributed by atoms with E-state index in [9.17, 15) is 4.79 Å². The van der Waals surface area contributed by atoms with E-state index >= 15 is 0 Å². The smallest absolute Gasteiger partial charge is 0.253 e. The first-order chi connectivity index (χ1) is 10.6. The van der Waals surface area contributed by atoms with Crippen molar-refractivity contribution in [1.82, 2.24) is 15.1 Å². The van der Waals surface area contributed by atoms with Gasteiger partial charge in [0.05, 0.1) is 5.69 Å². The Morgan fingerprint density at radius 2 is 1.68 bits per heavy atom. The summed E-state index contributed by atoms with van der Waals surface area (Å²) in [6.45, 7) is 0. The number of benzene rings is 2.